The zero-order valence-corrected chi connectivity index (χ0v) is 55.7. The summed E-state index contributed by atoms with van der Waals surface area (Å²) in [7, 11) is 0. The highest BCUT2D eigenvalue weighted by atomic mass is 35.5. The first-order chi connectivity index (χ1) is 41.1. The molecular formula is C63H82Cl5F4N7O8. The van der Waals surface area contributed by atoms with Gasteiger partial charge in [0.15, 0.2) is 17.5 Å². The maximum absolute atomic E-state index is 13.1. The molecular weight excluding hydrogens is 1240 g/mol. The summed E-state index contributed by atoms with van der Waals surface area (Å²) in [4.78, 5) is 66.7. The molecule has 15 nitrogen and oxygen atoms in total. The molecule has 1 aromatic heterocycles. The molecule has 0 saturated carbocycles. The number of amides is 3. The fraction of sp³-hybridized carbons (Fsp3) is 0.460. The number of carbonyl (C=O) groups excluding carboxylic acids is 3. The first kappa shape index (κ1) is 80.8. The third-order valence-electron chi connectivity index (χ3n) is 12.9. The lowest BCUT2D eigenvalue weighted by Gasteiger charge is -2.10. The monoisotopic (exact) mass is 1320 g/mol. The Balaban J connectivity index is 0.000000973. The topological polar surface area (TPSA) is 192 Å². The Morgan fingerprint density at radius 1 is 0.552 bits per heavy atom. The number of halogens is 9. The lowest BCUT2D eigenvalue weighted by atomic mass is 10.1. The van der Waals surface area contributed by atoms with Gasteiger partial charge in [-0.2, -0.15) is 0 Å². The van der Waals surface area contributed by atoms with Gasteiger partial charge >= 0.3 is 0 Å². The minimum absolute atomic E-state index is 0.00426. The molecule has 0 aliphatic carbocycles. The quantitative estimate of drug-likeness (QED) is 0.0301. The number of carbonyl (C=O) groups is 3. The molecule has 24 heteroatoms. The normalized spacial score (nSPS) is 11.9. The molecule has 8 rings (SSSR count). The number of nitro benzene ring substituents is 2. The number of aromatic nitrogens is 3. The first-order valence-corrected chi connectivity index (χ1v) is 30.7. The van der Waals surface area contributed by atoms with Crippen molar-refractivity contribution >= 4 is 98.0 Å². The molecule has 0 unspecified atom stereocenters. The summed E-state index contributed by atoms with van der Waals surface area (Å²) >= 11 is 29.3. The molecule has 2 fully saturated rings. The molecule has 0 atom stereocenters. The van der Waals surface area contributed by atoms with Crippen LogP contribution in [0.2, 0.25) is 25.1 Å². The molecule has 480 valence electrons. The van der Waals surface area contributed by atoms with Crippen LogP contribution in [0.15, 0.2) is 77.6 Å². The molecule has 0 spiro atoms. The highest BCUT2D eigenvalue weighted by Gasteiger charge is 2.27. The number of non-ortho nitro benzene ring substituents is 2. The van der Waals surface area contributed by atoms with E-state index in [0.717, 1.165) is 68.3 Å². The number of rotatable bonds is 11. The lowest BCUT2D eigenvalue weighted by Crippen LogP contribution is -2.28. The van der Waals surface area contributed by atoms with Crippen molar-refractivity contribution in [3.63, 3.8) is 0 Å². The predicted octanol–water partition coefficient (Wildman–Crippen LogP) is 18.4. The zero-order valence-electron chi connectivity index (χ0n) is 51.9. The Morgan fingerprint density at radius 3 is 1.45 bits per heavy atom. The summed E-state index contributed by atoms with van der Waals surface area (Å²) in [5.74, 6) is -4.32. The van der Waals surface area contributed by atoms with E-state index < -0.39 is 34.4 Å². The third-order valence-corrected chi connectivity index (χ3v) is 15.3. The van der Waals surface area contributed by atoms with E-state index in [9.17, 15) is 57.0 Å². The third kappa shape index (κ3) is 26.9. The summed E-state index contributed by atoms with van der Waals surface area (Å²) in [6.07, 6.45) is 9.00. The zero-order chi connectivity index (χ0) is 66.7. The molecule has 87 heavy (non-hydrogen) atoms. The standard InChI is InChI=1S/C9H8F4.C9H9N3O.C8H5Cl5.2C8H9NO2.C6H9NO2.C6H11NO.C5H12.C4H10/c1-3-5-6(10)4(2)7(11)9(13)8(5)12;1-2-12-9(13)7-5-3-4-6-8(7)10-11-12;1-2-3-4(9)6(11)8(13)7(12)5(3)10;1-2-7-3-5-8(6-4-7)9(10)11;1-2-7-4-3-5-8(6-7)9(10)11;1-2-7-5(8)3-4-6(7)9;1-2-7-5-3-4-6(7)8;1-4-5(2)3;1-3-4-2/h3H2,1-2H3;3-6H,2H2,1H3;2H2,1H3;2*3-6H,2H2,1H3;2-4H2,1H3;2-5H2,1H3;5H,4H2,1-3H3;3-4H2,1-2H3. The second kappa shape index (κ2) is 43.4. The maximum atomic E-state index is 13.1. The Bertz CT molecular complexity index is 3070. The number of aryl methyl sites for hydroxylation is 3. The largest absolute Gasteiger partial charge is 0.343 e. The van der Waals surface area contributed by atoms with Crippen molar-refractivity contribution < 1.29 is 41.8 Å². The van der Waals surface area contributed by atoms with Crippen LogP contribution in [0.5, 0.6) is 0 Å². The number of hydrogen-bond donors (Lipinski definition) is 0. The fourth-order valence-corrected chi connectivity index (χ4v) is 8.52. The molecule has 0 radical (unpaired) electrons. The molecule has 2 saturated heterocycles. The summed E-state index contributed by atoms with van der Waals surface area (Å²) in [6.45, 7) is 28.1. The van der Waals surface area contributed by atoms with Crippen molar-refractivity contribution in [3.8, 4) is 0 Å². The summed E-state index contributed by atoms with van der Waals surface area (Å²) < 4.78 is 52.7. The highest BCUT2D eigenvalue weighted by molar-refractivity contribution is 6.55. The number of imide groups is 1. The van der Waals surface area contributed by atoms with Gasteiger partial charge in [-0.1, -0.05) is 181 Å². The summed E-state index contributed by atoms with van der Waals surface area (Å²) in [5.41, 5.74) is 2.86. The van der Waals surface area contributed by atoms with Gasteiger partial charge < -0.3 is 4.90 Å². The van der Waals surface area contributed by atoms with Crippen LogP contribution in [-0.4, -0.2) is 72.0 Å². The molecule has 3 heterocycles. The second-order valence-corrected chi connectivity index (χ2v) is 21.2. The molecule has 6 aromatic rings. The van der Waals surface area contributed by atoms with Crippen molar-refractivity contribution in [1.82, 2.24) is 24.8 Å². The summed E-state index contributed by atoms with van der Waals surface area (Å²) in [6, 6.07) is 20.5. The van der Waals surface area contributed by atoms with Crippen LogP contribution in [-0.2, 0) is 46.6 Å². The van der Waals surface area contributed by atoms with E-state index in [1.165, 1.54) is 54.0 Å². The number of nitrogens with zero attached hydrogens (tertiary/aromatic N) is 7. The Labute approximate surface area is 534 Å². The van der Waals surface area contributed by atoms with E-state index in [2.05, 4.69) is 44.9 Å². The minimum atomic E-state index is -1.60. The number of hydrogen-bond acceptors (Lipinski definition) is 10. The highest BCUT2D eigenvalue weighted by Crippen LogP contribution is 2.44. The number of benzene rings is 5. The molecule has 2 aliphatic rings. The predicted molar refractivity (Wildman–Crippen MR) is 345 cm³/mol. The average molecular weight is 1320 g/mol. The van der Waals surface area contributed by atoms with Gasteiger partial charge in [0.05, 0.1) is 40.3 Å². The van der Waals surface area contributed by atoms with Gasteiger partial charge in [-0.25, -0.2) is 22.2 Å². The van der Waals surface area contributed by atoms with Crippen molar-refractivity contribution in [2.24, 2.45) is 5.92 Å². The lowest BCUT2D eigenvalue weighted by molar-refractivity contribution is -0.385. The average Bonchev–Trinajstić information content (AvgIpc) is 2.53. The Hall–Kier alpha value is -6.25. The second-order valence-electron chi connectivity index (χ2n) is 19.3. The van der Waals surface area contributed by atoms with Crippen LogP contribution in [0, 0.1) is 56.3 Å². The van der Waals surface area contributed by atoms with Gasteiger partial charge in [-0.3, -0.25) is 44.3 Å². The molecule has 0 bridgehead atoms. The van der Waals surface area contributed by atoms with Crippen LogP contribution in [0.1, 0.15) is 156 Å². The summed E-state index contributed by atoms with van der Waals surface area (Å²) in [5, 5.41) is 30.3. The van der Waals surface area contributed by atoms with Crippen LogP contribution in [0.4, 0.5) is 28.9 Å². The number of likely N-dealkylation sites (tertiary alicyclic amines) is 2. The molecule has 5 aromatic carbocycles. The van der Waals surface area contributed by atoms with Gasteiger partial charge in [0.25, 0.3) is 16.9 Å². The van der Waals surface area contributed by atoms with Crippen molar-refractivity contribution in [3.05, 3.63) is 180 Å². The Morgan fingerprint density at radius 2 is 1.06 bits per heavy atom. The Kier molecular flexibility index (Phi) is 40.3. The van der Waals surface area contributed by atoms with Crippen LogP contribution in [0.25, 0.3) is 10.9 Å². The van der Waals surface area contributed by atoms with E-state index in [1.54, 1.807) is 43.3 Å². The SMILES string of the molecule is CCC(C)C.CCCC.CCN1C(=O)CCC1=O.CCN1CCCC1=O.CCc1c(Cl)c(Cl)c(Cl)c(Cl)c1Cl.CCc1c(F)c(C)c(F)c(F)c1F.CCc1ccc([N+](=O)[O-])cc1.CCc1cccc([N+](=O)[O-])c1.CCn1nnc2ccccc2c1=O. The van der Waals surface area contributed by atoms with Gasteiger partial charge in [-0.15, -0.1) is 5.10 Å². The van der Waals surface area contributed by atoms with E-state index in [-0.39, 0.29) is 60.1 Å². The van der Waals surface area contributed by atoms with Crippen molar-refractivity contribution in [2.45, 2.75) is 167 Å². The van der Waals surface area contributed by atoms with Crippen LogP contribution in [0.3, 0.4) is 0 Å². The van der Waals surface area contributed by atoms with E-state index in [1.807, 2.05) is 57.7 Å². The maximum Gasteiger partial charge on any atom is 0.277 e. The van der Waals surface area contributed by atoms with E-state index in [4.69, 9.17) is 58.0 Å². The van der Waals surface area contributed by atoms with Crippen molar-refractivity contribution in [2.75, 3.05) is 19.6 Å². The fourth-order valence-electron chi connectivity index (χ4n) is 7.07. The van der Waals surface area contributed by atoms with Gasteiger partial charge in [-0.05, 0) is 94.5 Å². The van der Waals surface area contributed by atoms with Gasteiger partial charge in [0, 0.05) is 80.8 Å². The van der Waals surface area contributed by atoms with E-state index in [0.29, 0.717) is 59.2 Å². The smallest absolute Gasteiger partial charge is 0.277 e. The molecule has 2 aliphatic heterocycles. The number of fused-ring (bicyclic) bond motifs is 1. The molecule has 3 amide bonds. The van der Waals surface area contributed by atoms with Gasteiger partial charge in [0.1, 0.15) is 11.3 Å². The van der Waals surface area contributed by atoms with Crippen LogP contribution < -0.4 is 5.56 Å². The van der Waals surface area contributed by atoms with E-state index >= 15 is 0 Å². The van der Waals surface area contributed by atoms with Crippen molar-refractivity contribution in [1.29, 1.82) is 0 Å². The number of unbranched alkanes of at least 4 members (excludes halogenated alkanes) is 1. The number of nitro groups is 2. The first-order valence-electron chi connectivity index (χ1n) is 28.8. The van der Waals surface area contributed by atoms with Crippen LogP contribution >= 0.6 is 58.0 Å². The van der Waals surface area contributed by atoms with Gasteiger partial charge in [0.2, 0.25) is 17.7 Å². The molecule has 0 N–H and O–H groups in total. The minimum Gasteiger partial charge on any atom is -0.343 e.